The minimum Gasteiger partial charge on any atom is -0.368 e. The lowest BCUT2D eigenvalue weighted by molar-refractivity contribution is 0.465. The van der Waals surface area contributed by atoms with Gasteiger partial charge in [-0.25, -0.2) is 0 Å². The predicted molar refractivity (Wildman–Crippen MR) is 85.2 cm³/mol. The summed E-state index contributed by atoms with van der Waals surface area (Å²) in [7, 11) is 1.86. The second-order valence-corrected chi connectivity index (χ2v) is 5.43. The van der Waals surface area contributed by atoms with Crippen LogP contribution in [-0.4, -0.2) is 20.1 Å². The zero-order valence-corrected chi connectivity index (χ0v) is 12.2. The summed E-state index contributed by atoms with van der Waals surface area (Å²) in [4.78, 5) is 2.31. The van der Waals surface area contributed by atoms with Crippen LogP contribution in [0.5, 0.6) is 0 Å². The molecule has 0 spiro atoms. The lowest BCUT2D eigenvalue weighted by Crippen LogP contribution is -2.48. The molecule has 1 aliphatic rings. The number of fused-ring (bicyclic) bond motifs is 1. The molecule has 0 saturated carbocycles. The topological polar surface area (TPSA) is 39.1 Å². The average Bonchev–Trinajstić information content (AvgIpc) is 2.96. The first-order valence-electron chi connectivity index (χ1n) is 7.27. The highest BCUT2D eigenvalue weighted by Gasteiger charge is 2.34. The van der Waals surface area contributed by atoms with Gasteiger partial charge in [0.25, 0.3) is 0 Å². The molecule has 106 valence electrons. The molecule has 0 radical (unpaired) electrons. The molecule has 2 aromatic rings. The third-order valence-electron chi connectivity index (χ3n) is 4.30. The van der Waals surface area contributed by atoms with Crippen molar-refractivity contribution in [3.05, 3.63) is 65.7 Å². The number of rotatable bonds is 4. The van der Waals surface area contributed by atoms with Crippen molar-refractivity contribution in [2.45, 2.75) is 12.0 Å². The summed E-state index contributed by atoms with van der Waals surface area (Å²) in [5.74, 6) is 0. The molecule has 0 saturated heterocycles. The summed E-state index contributed by atoms with van der Waals surface area (Å²) in [5.41, 5.74) is 2.95. The molecule has 3 rings (SSSR count). The zero-order chi connectivity index (χ0) is 14.7. The fraction of sp³-hybridized carbons (Fsp3) is 0.278. The van der Waals surface area contributed by atoms with Gasteiger partial charge in [-0.3, -0.25) is 5.32 Å². The number of nitriles is 1. The molecule has 0 bridgehead atoms. The number of anilines is 1. The lowest BCUT2D eigenvalue weighted by atomic mass is 9.91. The number of hydrogen-bond donors (Lipinski definition) is 1. The maximum Gasteiger partial charge on any atom is 0.149 e. The predicted octanol–water partition coefficient (Wildman–Crippen LogP) is 2.69. The van der Waals surface area contributed by atoms with Crippen LogP contribution < -0.4 is 10.2 Å². The number of nitrogens with one attached hydrogen (secondary N) is 1. The van der Waals surface area contributed by atoms with Crippen LogP contribution in [0.4, 0.5) is 5.69 Å². The van der Waals surface area contributed by atoms with Crippen LogP contribution in [0.1, 0.15) is 11.1 Å². The van der Waals surface area contributed by atoms with Crippen LogP contribution >= 0.6 is 0 Å². The van der Waals surface area contributed by atoms with Crippen molar-refractivity contribution >= 4 is 5.69 Å². The molecule has 3 nitrogen and oxygen atoms in total. The van der Waals surface area contributed by atoms with E-state index in [1.54, 1.807) is 0 Å². The highest BCUT2D eigenvalue weighted by atomic mass is 15.2. The second-order valence-electron chi connectivity index (χ2n) is 5.43. The highest BCUT2D eigenvalue weighted by Crippen LogP contribution is 2.31. The van der Waals surface area contributed by atoms with Crippen LogP contribution in [0.15, 0.2) is 54.6 Å². The van der Waals surface area contributed by atoms with Gasteiger partial charge < -0.3 is 4.90 Å². The Kier molecular flexibility index (Phi) is 3.64. The van der Waals surface area contributed by atoms with Crippen molar-refractivity contribution in [1.29, 1.82) is 5.26 Å². The molecule has 1 N–H and O–H groups in total. The standard InChI is InChI=1S/C18H19N3/c1-20-18(13-19,16-8-3-2-4-9-16)14-21-12-11-15-7-5-6-10-17(15)21/h2-10,20H,11-12,14H2,1H3. The summed E-state index contributed by atoms with van der Waals surface area (Å²) < 4.78 is 0. The quantitative estimate of drug-likeness (QED) is 0.934. The number of nitrogens with zero attached hydrogens (tertiary/aromatic N) is 2. The van der Waals surface area contributed by atoms with E-state index >= 15 is 0 Å². The van der Waals surface area contributed by atoms with E-state index in [-0.39, 0.29) is 0 Å². The van der Waals surface area contributed by atoms with Gasteiger partial charge in [-0.1, -0.05) is 48.5 Å². The second kappa shape index (κ2) is 5.59. The molecule has 1 aliphatic heterocycles. The lowest BCUT2D eigenvalue weighted by Gasteiger charge is -2.32. The molecule has 0 amide bonds. The molecule has 1 unspecified atom stereocenters. The maximum absolute atomic E-state index is 9.80. The Morgan fingerprint density at radius 2 is 1.86 bits per heavy atom. The summed E-state index contributed by atoms with van der Waals surface area (Å²) >= 11 is 0. The molecule has 0 fully saturated rings. The summed E-state index contributed by atoms with van der Waals surface area (Å²) in [5, 5.41) is 13.0. The molecule has 21 heavy (non-hydrogen) atoms. The van der Waals surface area contributed by atoms with E-state index < -0.39 is 5.54 Å². The largest absolute Gasteiger partial charge is 0.368 e. The Bertz CT molecular complexity index is 660. The smallest absolute Gasteiger partial charge is 0.149 e. The van der Waals surface area contributed by atoms with Crippen LogP contribution in [0.3, 0.4) is 0 Å². The molecule has 0 aromatic heterocycles. The third kappa shape index (κ3) is 2.39. The van der Waals surface area contributed by atoms with Gasteiger partial charge >= 0.3 is 0 Å². The Labute approximate surface area is 125 Å². The van der Waals surface area contributed by atoms with E-state index in [1.807, 2.05) is 37.4 Å². The first-order chi connectivity index (χ1) is 10.3. The number of hydrogen-bond acceptors (Lipinski definition) is 3. The van der Waals surface area contributed by atoms with Gasteiger partial charge in [0.1, 0.15) is 5.54 Å². The van der Waals surface area contributed by atoms with E-state index in [2.05, 4.69) is 40.6 Å². The highest BCUT2D eigenvalue weighted by molar-refractivity contribution is 5.58. The molecule has 3 heteroatoms. The van der Waals surface area contributed by atoms with Gasteiger partial charge in [-0.15, -0.1) is 0 Å². The molecule has 1 heterocycles. The van der Waals surface area contributed by atoms with E-state index in [1.165, 1.54) is 11.3 Å². The number of likely N-dealkylation sites (N-methyl/N-ethyl adjacent to an activating group) is 1. The van der Waals surface area contributed by atoms with Gasteiger partial charge in [-0.05, 0) is 30.7 Å². The Hall–Kier alpha value is -2.31. The van der Waals surface area contributed by atoms with E-state index in [9.17, 15) is 5.26 Å². The number of benzene rings is 2. The minimum absolute atomic E-state index is 0.654. The van der Waals surface area contributed by atoms with Crippen molar-refractivity contribution in [3.63, 3.8) is 0 Å². The van der Waals surface area contributed by atoms with Crippen molar-refractivity contribution in [3.8, 4) is 6.07 Å². The van der Waals surface area contributed by atoms with E-state index in [4.69, 9.17) is 0 Å². The Morgan fingerprint density at radius 1 is 1.14 bits per heavy atom. The van der Waals surface area contributed by atoms with Crippen molar-refractivity contribution in [2.24, 2.45) is 0 Å². The summed E-state index contributed by atoms with van der Waals surface area (Å²) in [6.07, 6.45) is 1.05. The monoisotopic (exact) mass is 277 g/mol. The Morgan fingerprint density at radius 3 is 2.57 bits per heavy atom. The zero-order valence-electron chi connectivity index (χ0n) is 12.2. The SMILES string of the molecule is CNC(C#N)(CN1CCc2ccccc21)c1ccccc1. The molecule has 0 aliphatic carbocycles. The van der Waals surface area contributed by atoms with Gasteiger partial charge in [0.15, 0.2) is 0 Å². The normalized spacial score (nSPS) is 16.1. The van der Waals surface area contributed by atoms with E-state index in [0.29, 0.717) is 6.54 Å². The van der Waals surface area contributed by atoms with E-state index in [0.717, 1.165) is 18.5 Å². The van der Waals surface area contributed by atoms with Gasteiger partial charge in [0.2, 0.25) is 0 Å². The summed E-state index contributed by atoms with van der Waals surface area (Å²) in [6, 6.07) is 20.9. The summed E-state index contributed by atoms with van der Waals surface area (Å²) in [6.45, 7) is 1.62. The third-order valence-corrected chi connectivity index (χ3v) is 4.30. The fourth-order valence-electron chi connectivity index (χ4n) is 3.05. The van der Waals surface area contributed by atoms with Crippen molar-refractivity contribution < 1.29 is 0 Å². The van der Waals surface area contributed by atoms with Crippen LogP contribution in [0.2, 0.25) is 0 Å². The molecule has 1 atom stereocenters. The van der Waals surface area contributed by atoms with Gasteiger partial charge in [-0.2, -0.15) is 5.26 Å². The number of para-hydroxylation sites is 1. The van der Waals surface area contributed by atoms with Crippen molar-refractivity contribution in [1.82, 2.24) is 5.32 Å². The van der Waals surface area contributed by atoms with Crippen LogP contribution in [0, 0.1) is 11.3 Å². The minimum atomic E-state index is -0.682. The first-order valence-corrected chi connectivity index (χ1v) is 7.27. The maximum atomic E-state index is 9.80. The van der Waals surface area contributed by atoms with Crippen LogP contribution in [0.25, 0.3) is 0 Å². The van der Waals surface area contributed by atoms with Gasteiger partial charge in [0.05, 0.1) is 12.6 Å². The van der Waals surface area contributed by atoms with Crippen LogP contribution in [-0.2, 0) is 12.0 Å². The van der Waals surface area contributed by atoms with Crippen molar-refractivity contribution in [2.75, 3.05) is 25.0 Å². The average molecular weight is 277 g/mol. The first kappa shape index (κ1) is 13.7. The molecular formula is C18H19N3. The molecule has 2 aromatic carbocycles. The fourth-order valence-corrected chi connectivity index (χ4v) is 3.05. The van der Waals surface area contributed by atoms with Gasteiger partial charge in [0, 0.05) is 12.2 Å². The molecular weight excluding hydrogens is 258 g/mol. The Balaban J connectivity index is 1.93.